The summed E-state index contributed by atoms with van der Waals surface area (Å²) in [5.41, 5.74) is 6.54. The molecule has 64 heavy (non-hydrogen) atoms. The van der Waals surface area contributed by atoms with Crippen molar-refractivity contribution >= 4 is 24.0 Å². The van der Waals surface area contributed by atoms with Gasteiger partial charge in [-0.25, -0.2) is 19.6 Å². The third kappa shape index (κ3) is 10.4. The number of H-pyrrole nitrogens is 2. The average Bonchev–Trinajstić information content (AvgIpc) is 4.17. The molecular weight excluding hydrogens is 817 g/mol. The van der Waals surface area contributed by atoms with E-state index in [4.69, 9.17) is 28.9 Å². The van der Waals surface area contributed by atoms with Crippen LogP contribution in [0.2, 0.25) is 0 Å². The van der Waals surface area contributed by atoms with Gasteiger partial charge in [-0.2, -0.15) is 0 Å². The zero-order valence-corrected chi connectivity index (χ0v) is 36.3. The molecular formula is C48H56N8O8. The molecule has 3 aliphatic heterocycles. The minimum absolute atomic E-state index is 0.0324. The summed E-state index contributed by atoms with van der Waals surface area (Å²) in [6, 6.07) is 22.8. The van der Waals surface area contributed by atoms with Crippen LogP contribution < -0.4 is 15.4 Å². The highest BCUT2D eigenvalue weighted by Crippen LogP contribution is 2.38. The van der Waals surface area contributed by atoms with Gasteiger partial charge < -0.3 is 49.3 Å². The van der Waals surface area contributed by atoms with Crippen molar-refractivity contribution in [2.45, 2.75) is 82.0 Å². The van der Waals surface area contributed by atoms with Gasteiger partial charge in [0.2, 0.25) is 11.8 Å². The molecule has 4 N–H and O–H groups in total. The summed E-state index contributed by atoms with van der Waals surface area (Å²) < 4.78 is 22.0. The number of benzene rings is 3. The van der Waals surface area contributed by atoms with Crippen LogP contribution in [0.15, 0.2) is 85.2 Å². The molecule has 0 aliphatic carbocycles. The van der Waals surface area contributed by atoms with Crippen LogP contribution >= 0.6 is 0 Å². The maximum absolute atomic E-state index is 13.7. The van der Waals surface area contributed by atoms with E-state index in [1.54, 1.807) is 11.1 Å². The normalized spacial score (nSPS) is 19.5. The third-order valence-electron chi connectivity index (χ3n) is 12.3. The summed E-state index contributed by atoms with van der Waals surface area (Å²) >= 11 is 0. The number of amides is 4. The van der Waals surface area contributed by atoms with Gasteiger partial charge in [0, 0.05) is 37.7 Å². The Bertz CT molecular complexity index is 2380. The van der Waals surface area contributed by atoms with Crippen molar-refractivity contribution in [3.8, 4) is 39.4 Å². The number of methoxy groups -OCH3 is 2. The molecule has 2 fully saturated rings. The van der Waals surface area contributed by atoms with Gasteiger partial charge in [0.05, 0.1) is 63.3 Å². The minimum atomic E-state index is -0.877. The SMILES string of the molecule is COC(=O)N[C@H](CCC(=O)N1CCC[C@H]1c1ncc(-c2ccc(-c3ccc4c(c3)OCCCCOC[C@H](NC(=O)OC)C(=O)N3CCC[C@H]3c3ncc-4[nH]3)cc2)[nH]1)Cc1ccccc1. The fraction of sp³-hybridized carbons (Fsp3) is 0.417. The Morgan fingerprint density at radius 3 is 2.28 bits per heavy atom. The van der Waals surface area contributed by atoms with Gasteiger partial charge in [-0.1, -0.05) is 60.7 Å². The van der Waals surface area contributed by atoms with Gasteiger partial charge in [0.15, 0.2) is 0 Å². The zero-order chi connectivity index (χ0) is 44.4. The van der Waals surface area contributed by atoms with E-state index in [1.165, 1.54) is 14.2 Å². The first-order chi connectivity index (χ1) is 31.3. The molecule has 3 aromatic carbocycles. The van der Waals surface area contributed by atoms with Gasteiger partial charge in [0.1, 0.15) is 23.4 Å². The summed E-state index contributed by atoms with van der Waals surface area (Å²) in [4.78, 5) is 71.8. The first kappa shape index (κ1) is 43.9. The molecule has 4 atom stereocenters. The van der Waals surface area contributed by atoms with Crippen LogP contribution in [0.25, 0.3) is 33.6 Å². The second-order valence-electron chi connectivity index (χ2n) is 16.5. The predicted molar refractivity (Wildman–Crippen MR) is 238 cm³/mol. The lowest BCUT2D eigenvalue weighted by Gasteiger charge is -2.28. The molecule has 5 heterocycles. The highest BCUT2D eigenvalue weighted by Gasteiger charge is 2.37. The topological polar surface area (TPSA) is 193 Å². The van der Waals surface area contributed by atoms with Gasteiger partial charge in [-0.15, -0.1) is 0 Å². The lowest BCUT2D eigenvalue weighted by molar-refractivity contribution is -0.136. The molecule has 4 amide bonds. The highest BCUT2D eigenvalue weighted by molar-refractivity contribution is 5.86. The Labute approximate surface area is 372 Å². The molecule has 5 aromatic rings. The quantitative estimate of drug-likeness (QED) is 0.112. The lowest BCUT2D eigenvalue weighted by atomic mass is 10.00. The number of aromatic amines is 2. The number of hydrogen-bond acceptors (Lipinski definition) is 10. The Morgan fingerprint density at radius 1 is 0.797 bits per heavy atom. The summed E-state index contributed by atoms with van der Waals surface area (Å²) in [5, 5.41) is 5.55. The number of rotatable bonds is 10. The van der Waals surface area contributed by atoms with Crippen LogP contribution in [-0.2, 0) is 30.2 Å². The molecule has 16 nitrogen and oxygen atoms in total. The Kier molecular flexibility index (Phi) is 14.2. The number of hydrogen-bond donors (Lipinski definition) is 4. The molecule has 0 radical (unpaired) electrons. The summed E-state index contributed by atoms with van der Waals surface area (Å²) in [5.74, 6) is 1.95. The predicted octanol–water partition coefficient (Wildman–Crippen LogP) is 7.12. The number of ether oxygens (including phenoxy) is 4. The molecule has 0 unspecified atom stereocenters. The summed E-state index contributed by atoms with van der Waals surface area (Å²) in [7, 11) is 2.61. The Balaban J connectivity index is 0.948. The maximum Gasteiger partial charge on any atom is 0.407 e. The van der Waals surface area contributed by atoms with Gasteiger partial charge in [-0.3, -0.25) is 9.59 Å². The molecule has 2 bridgehead atoms. The number of alkyl carbamates (subject to hydrolysis) is 2. The number of carbonyl (C=O) groups is 4. The molecule has 3 aliphatic rings. The smallest absolute Gasteiger partial charge is 0.407 e. The fourth-order valence-electron chi connectivity index (χ4n) is 8.90. The Hall–Kier alpha value is -6.68. The van der Waals surface area contributed by atoms with Crippen LogP contribution in [0.3, 0.4) is 0 Å². The number of nitrogens with one attached hydrogen (secondary N) is 4. The van der Waals surface area contributed by atoms with Crippen LogP contribution in [-0.4, -0.2) is 113 Å². The van der Waals surface area contributed by atoms with Gasteiger partial charge in [0.25, 0.3) is 0 Å². The molecule has 16 heteroatoms. The standard InChI is InChI=1S/C48H56N8O8/c1-61-47(59)51-35(26-31-10-4-3-5-11-31)19-21-43(57)55-22-8-12-40(55)44-49-28-37(52-44)33-16-14-32(15-17-33)34-18-20-36-38-29-50-45(53-38)41-13-9-23-56(41)46(58)39(54-48(60)62-2)30-63-24-6-7-25-64-42(36)27-34/h3-5,10-11,14-18,20,27-29,35,39-41H,6-9,12-13,19,21-26,30H2,1-2H3,(H,49,52)(H,50,53)(H,51,59)(H,54,60)/t35-,39+,40+,41+/m1/s1. The first-order valence-corrected chi connectivity index (χ1v) is 22.2. The lowest BCUT2D eigenvalue weighted by Crippen LogP contribution is -2.50. The van der Waals surface area contributed by atoms with Crippen molar-refractivity contribution in [3.63, 3.8) is 0 Å². The second-order valence-corrected chi connectivity index (χ2v) is 16.5. The number of nitrogens with zero attached hydrogens (tertiary/aromatic N) is 4. The molecule has 0 saturated carbocycles. The monoisotopic (exact) mass is 872 g/mol. The van der Waals surface area contributed by atoms with Crippen LogP contribution in [0.4, 0.5) is 9.59 Å². The van der Waals surface area contributed by atoms with E-state index in [9.17, 15) is 19.2 Å². The van der Waals surface area contributed by atoms with Crippen molar-refractivity contribution in [2.24, 2.45) is 0 Å². The van der Waals surface area contributed by atoms with E-state index in [2.05, 4.69) is 50.9 Å². The van der Waals surface area contributed by atoms with Crippen molar-refractivity contribution in [1.29, 1.82) is 0 Å². The van der Waals surface area contributed by atoms with Crippen molar-refractivity contribution in [2.75, 3.05) is 47.1 Å². The van der Waals surface area contributed by atoms with Gasteiger partial charge in [-0.05, 0) is 85.8 Å². The maximum atomic E-state index is 13.7. The average molecular weight is 873 g/mol. The number of likely N-dealkylation sites (tertiary alicyclic amines) is 1. The number of imidazole rings is 2. The summed E-state index contributed by atoms with van der Waals surface area (Å²) in [6.07, 6.45) is 8.44. The van der Waals surface area contributed by atoms with E-state index in [-0.39, 0.29) is 36.5 Å². The zero-order valence-electron chi connectivity index (χ0n) is 36.3. The van der Waals surface area contributed by atoms with Crippen molar-refractivity contribution in [1.82, 2.24) is 40.4 Å². The second kappa shape index (κ2) is 20.7. The fourth-order valence-corrected chi connectivity index (χ4v) is 8.90. The third-order valence-corrected chi connectivity index (χ3v) is 12.3. The highest BCUT2D eigenvalue weighted by atomic mass is 16.5. The summed E-state index contributed by atoms with van der Waals surface area (Å²) in [6.45, 7) is 2.08. The van der Waals surface area contributed by atoms with Crippen molar-refractivity contribution in [3.05, 3.63) is 102 Å². The number of aromatic nitrogens is 4. The van der Waals surface area contributed by atoms with Crippen molar-refractivity contribution < 1.29 is 38.1 Å². The van der Waals surface area contributed by atoms with E-state index in [0.29, 0.717) is 70.0 Å². The molecule has 0 spiro atoms. The number of fused-ring (bicyclic) bond motifs is 6. The molecule has 2 aromatic heterocycles. The molecule has 336 valence electrons. The van der Waals surface area contributed by atoms with E-state index in [0.717, 1.165) is 70.7 Å². The van der Waals surface area contributed by atoms with E-state index < -0.39 is 18.2 Å². The molecule has 8 rings (SSSR count). The minimum Gasteiger partial charge on any atom is -0.493 e. The largest absolute Gasteiger partial charge is 0.493 e. The van der Waals surface area contributed by atoms with Crippen LogP contribution in [0, 0.1) is 0 Å². The van der Waals surface area contributed by atoms with E-state index in [1.807, 2.05) is 53.6 Å². The van der Waals surface area contributed by atoms with Gasteiger partial charge >= 0.3 is 12.2 Å². The number of carbonyl (C=O) groups excluding carboxylic acids is 4. The van der Waals surface area contributed by atoms with E-state index >= 15 is 0 Å². The van der Waals surface area contributed by atoms with Crippen LogP contribution in [0.1, 0.15) is 80.7 Å². The Morgan fingerprint density at radius 2 is 1.48 bits per heavy atom. The van der Waals surface area contributed by atoms with Crippen LogP contribution in [0.5, 0.6) is 5.75 Å². The first-order valence-electron chi connectivity index (χ1n) is 22.2. The molecule has 2 saturated heterocycles.